The highest BCUT2D eigenvalue weighted by Crippen LogP contribution is 2.44. The summed E-state index contributed by atoms with van der Waals surface area (Å²) in [5.41, 5.74) is 3.77. The second-order valence-corrected chi connectivity index (χ2v) is 9.39. The maximum atomic E-state index is 13.7. The van der Waals surface area contributed by atoms with Gasteiger partial charge in [-0.05, 0) is 68.8 Å². The molecule has 3 aliphatic rings. The van der Waals surface area contributed by atoms with E-state index >= 15 is 0 Å². The first kappa shape index (κ1) is 22.0. The molecular formula is C27H33N3O3. The molecule has 0 saturated carbocycles. The number of amides is 2. The number of benzene rings is 2. The third kappa shape index (κ3) is 4.01. The molecule has 5 rings (SSSR count). The number of nitrogens with one attached hydrogen (secondary N) is 2. The summed E-state index contributed by atoms with van der Waals surface area (Å²) in [6.07, 6.45) is 3.60. The molecule has 3 heterocycles. The minimum absolute atomic E-state index is 0.0574. The second kappa shape index (κ2) is 9.18. The van der Waals surface area contributed by atoms with Crippen LogP contribution < -0.4 is 15.4 Å². The van der Waals surface area contributed by atoms with Crippen molar-refractivity contribution in [3.63, 3.8) is 0 Å². The van der Waals surface area contributed by atoms with E-state index in [1.54, 1.807) is 0 Å². The van der Waals surface area contributed by atoms with Gasteiger partial charge in [0.2, 0.25) is 5.91 Å². The van der Waals surface area contributed by atoms with Crippen molar-refractivity contribution in [2.75, 3.05) is 19.7 Å². The maximum absolute atomic E-state index is 13.7. The Morgan fingerprint density at radius 1 is 1.24 bits per heavy atom. The predicted molar refractivity (Wildman–Crippen MR) is 127 cm³/mol. The van der Waals surface area contributed by atoms with Crippen LogP contribution in [0.5, 0.6) is 5.75 Å². The Bertz CT molecular complexity index is 1040. The van der Waals surface area contributed by atoms with Gasteiger partial charge in [0.15, 0.2) is 0 Å². The first-order valence-electron chi connectivity index (χ1n) is 12.3. The van der Waals surface area contributed by atoms with Crippen molar-refractivity contribution in [1.29, 1.82) is 0 Å². The molecule has 3 aliphatic heterocycles. The van der Waals surface area contributed by atoms with Crippen molar-refractivity contribution < 1.29 is 14.3 Å². The smallest absolute Gasteiger partial charge is 0.255 e. The summed E-state index contributed by atoms with van der Waals surface area (Å²) in [5.74, 6) is 0.753. The lowest BCUT2D eigenvalue weighted by Gasteiger charge is -2.49. The zero-order chi connectivity index (χ0) is 22.9. The molecule has 0 radical (unpaired) electrons. The van der Waals surface area contributed by atoms with Gasteiger partial charge in [-0.1, -0.05) is 36.4 Å². The van der Waals surface area contributed by atoms with Crippen LogP contribution in [-0.2, 0) is 11.2 Å². The molecular weight excluding hydrogens is 414 g/mol. The lowest BCUT2D eigenvalue weighted by molar-refractivity contribution is -0.145. The normalized spacial score (nSPS) is 24.8. The van der Waals surface area contributed by atoms with Crippen LogP contribution in [0.2, 0.25) is 0 Å². The fraction of sp³-hybridized carbons (Fsp3) is 0.481. The zero-order valence-electron chi connectivity index (χ0n) is 19.5. The van der Waals surface area contributed by atoms with E-state index in [9.17, 15) is 9.59 Å². The Kier molecular flexibility index (Phi) is 6.11. The molecule has 0 bridgehead atoms. The van der Waals surface area contributed by atoms with E-state index in [1.807, 2.05) is 55.1 Å². The van der Waals surface area contributed by atoms with Crippen molar-refractivity contribution in [3.8, 4) is 5.75 Å². The number of ether oxygens (including phenoxy) is 1. The van der Waals surface area contributed by atoms with E-state index in [-0.39, 0.29) is 35.9 Å². The molecule has 2 amide bonds. The predicted octanol–water partition coefficient (Wildman–Crippen LogP) is 3.77. The summed E-state index contributed by atoms with van der Waals surface area (Å²) in [4.78, 5) is 29.2. The molecule has 2 fully saturated rings. The maximum Gasteiger partial charge on any atom is 0.255 e. The fourth-order valence-electron chi connectivity index (χ4n) is 5.86. The van der Waals surface area contributed by atoms with Crippen LogP contribution in [0.3, 0.4) is 0 Å². The third-order valence-corrected chi connectivity index (χ3v) is 7.46. The van der Waals surface area contributed by atoms with Crippen LogP contribution in [0, 0.1) is 5.92 Å². The molecule has 4 atom stereocenters. The number of hydrogen-bond acceptors (Lipinski definition) is 4. The van der Waals surface area contributed by atoms with Gasteiger partial charge in [0.05, 0.1) is 30.2 Å². The van der Waals surface area contributed by atoms with Gasteiger partial charge in [-0.2, -0.15) is 0 Å². The number of fused-ring (bicyclic) bond motifs is 4. The summed E-state index contributed by atoms with van der Waals surface area (Å²) in [7, 11) is 0. The number of carbonyl (C=O) groups is 2. The van der Waals surface area contributed by atoms with Crippen LogP contribution in [-0.4, -0.2) is 42.5 Å². The van der Waals surface area contributed by atoms with Crippen molar-refractivity contribution in [2.24, 2.45) is 5.92 Å². The average Bonchev–Trinajstić information content (AvgIpc) is 2.84. The molecule has 0 aliphatic carbocycles. The average molecular weight is 448 g/mol. The molecule has 6 nitrogen and oxygen atoms in total. The Labute approximate surface area is 195 Å². The van der Waals surface area contributed by atoms with Crippen LogP contribution in [0.4, 0.5) is 0 Å². The van der Waals surface area contributed by atoms with E-state index in [0.29, 0.717) is 17.9 Å². The summed E-state index contributed by atoms with van der Waals surface area (Å²) in [6.45, 7) is 6.08. The van der Waals surface area contributed by atoms with Gasteiger partial charge >= 0.3 is 0 Å². The molecule has 3 unspecified atom stereocenters. The Hall–Kier alpha value is -2.86. The van der Waals surface area contributed by atoms with Crippen molar-refractivity contribution >= 4 is 11.8 Å². The largest absolute Gasteiger partial charge is 0.493 e. The first-order chi connectivity index (χ1) is 16.1. The molecule has 2 N–H and O–H groups in total. The molecule has 174 valence electrons. The van der Waals surface area contributed by atoms with Crippen molar-refractivity contribution in [1.82, 2.24) is 15.5 Å². The summed E-state index contributed by atoms with van der Waals surface area (Å²) in [5, 5.41) is 6.76. The SMILES string of the molecule is CCOc1ccc2c(c1C(=O)N[C@H](C)c1ccccc1)C1CC3NCCCC3C(=O)N1CC2. The highest BCUT2D eigenvalue weighted by molar-refractivity contribution is 5.99. The van der Waals surface area contributed by atoms with Gasteiger partial charge in [0.25, 0.3) is 5.91 Å². The van der Waals surface area contributed by atoms with E-state index in [4.69, 9.17) is 4.74 Å². The molecule has 2 saturated heterocycles. The van der Waals surface area contributed by atoms with E-state index in [0.717, 1.165) is 55.5 Å². The lowest BCUT2D eigenvalue weighted by atomic mass is 9.75. The standard InChI is InChI=1S/C27H33N3O3/c1-3-33-23-12-11-19-13-15-30-22(16-21-20(27(30)32)10-7-14-28-21)24(19)25(23)26(31)29-17(2)18-8-5-4-6-9-18/h4-6,8-9,11-12,17,20-22,28H,3,7,10,13-16H2,1-2H3,(H,29,31)/t17-,20?,21?,22?/m1/s1. The second-order valence-electron chi connectivity index (χ2n) is 9.39. The van der Waals surface area contributed by atoms with Crippen LogP contribution in [0.15, 0.2) is 42.5 Å². The molecule has 0 aromatic heterocycles. The molecule has 33 heavy (non-hydrogen) atoms. The molecule has 2 aromatic carbocycles. The Balaban J connectivity index is 1.53. The topological polar surface area (TPSA) is 70.7 Å². The Morgan fingerprint density at radius 3 is 2.85 bits per heavy atom. The number of piperidine rings is 2. The zero-order valence-corrected chi connectivity index (χ0v) is 19.5. The number of rotatable bonds is 5. The fourth-order valence-corrected chi connectivity index (χ4v) is 5.86. The van der Waals surface area contributed by atoms with Crippen LogP contribution >= 0.6 is 0 Å². The van der Waals surface area contributed by atoms with Gasteiger partial charge in [-0.3, -0.25) is 9.59 Å². The quantitative estimate of drug-likeness (QED) is 0.732. The summed E-state index contributed by atoms with van der Waals surface area (Å²) < 4.78 is 5.94. The van der Waals surface area contributed by atoms with Gasteiger partial charge in [-0.15, -0.1) is 0 Å². The van der Waals surface area contributed by atoms with E-state index < -0.39 is 0 Å². The first-order valence-corrected chi connectivity index (χ1v) is 12.3. The summed E-state index contributed by atoms with van der Waals surface area (Å²) in [6, 6.07) is 13.9. The minimum Gasteiger partial charge on any atom is -0.493 e. The number of carbonyl (C=O) groups excluding carboxylic acids is 2. The number of hydrogen-bond donors (Lipinski definition) is 2. The van der Waals surface area contributed by atoms with Gasteiger partial charge in [0.1, 0.15) is 5.75 Å². The van der Waals surface area contributed by atoms with Gasteiger partial charge in [-0.25, -0.2) is 0 Å². The number of nitrogens with zero attached hydrogens (tertiary/aromatic N) is 1. The lowest BCUT2D eigenvalue weighted by Crippen LogP contribution is -2.58. The van der Waals surface area contributed by atoms with Gasteiger partial charge in [0, 0.05) is 12.6 Å². The van der Waals surface area contributed by atoms with Crippen molar-refractivity contribution in [2.45, 2.75) is 57.7 Å². The van der Waals surface area contributed by atoms with E-state index in [1.165, 1.54) is 0 Å². The highest BCUT2D eigenvalue weighted by Gasteiger charge is 2.46. The van der Waals surface area contributed by atoms with Crippen LogP contribution in [0.25, 0.3) is 0 Å². The monoisotopic (exact) mass is 447 g/mol. The third-order valence-electron chi connectivity index (χ3n) is 7.46. The molecule has 2 aromatic rings. The van der Waals surface area contributed by atoms with Gasteiger partial charge < -0.3 is 20.3 Å². The molecule has 0 spiro atoms. The Morgan fingerprint density at radius 2 is 2.06 bits per heavy atom. The minimum atomic E-state index is -0.139. The van der Waals surface area contributed by atoms with Crippen molar-refractivity contribution in [3.05, 3.63) is 64.7 Å². The summed E-state index contributed by atoms with van der Waals surface area (Å²) >= 11 is 0. The molecule has 6 heteroatoms. The highest BCUT2D eigenvalue weighted by atomic mass is 16.5. The van der Waals surface area contributed by atoms with Crippen LogP contribution in [0.1, 0.15) is 72.2 Å². The van der Waals surface area contributed by atoms with E-state index in [2.05, 4.69) is 16.7 Å².